The summed E-state index contributed by atoms with van der Waals surface area (Å²) in [6.45, 7) is 1.68. The molecule has 1 heterocycles. The van der Waals surface area contributed by atoms with Gasteiger partial charge in [0.15, 0.2) is 0 Å². The summed E-state index contributed by atoms with van der Waals surface area (Å²) in [4.78, 5) is 4.62. The normalized spacial score (nSPS) is 15.6. The average Bonchev–Trinajstić information content (AvgIpc) is 3.63. The molecule has 7 aromatic carbocycles. The molecule has 0 amide bonds. The Morgan fingerprint density at radius 1 is 0.609 bits per heavy atom. The van der Waals surface area contributed by atoms with Gasteiger partial charge in [-0.3, -0.25) is 4.57 Å². The summed E-state index contributed by atoms with van der Waals surface area (Å²) in [5.41, 5.74) is 11.1. The van der Waals surface area contributed by atoms with E-state index in [1.165, 1.54) is 22.3 Å². The molecule has 0 unspecified atom stereocenters. The van der Waals surface area contributed by atoms with Crippen LogP contribution in [0.3, 0.4) is 0 Å². The molecule has 0 aliphatic heterocycles. The molecule has 1 aliphatic carbocycles. The number of aryl methyl sites for hydroxylation is 1. The zero-order valence-electron chi connectivity index (χ0n) is 30.7. The molecule has 9 rings (SSSR count). The monoisotopic (exact) mass is 595 g/mol. The van der Waals surface area contributed by atoms with Crippen LogP contribution in [0.15, 0.2) is 140 Å². The third-order valence-electron chi connectivity index (χ3n) is 9.89. The second-order valence-electron chi connectivity index (χ2n) is 12.7. The number of hydrogen-bond donors (Lipinski definition) is 0. The van der Waals surface area contributed by atoms with Crippen LogP contribution < -0.4 is 0 Å². The summed E-state index contributed by atoms with van der Waals surface area (Å²) in [7, 11) is 0. The highest BCUT2D eigenvalue weighted by Gasteiger charge is 2.35. The van der Waals surface area contributed by atoms with Gasteiger partial charge in [0.2, 0.25) is 0 Å². The Hall–Kier alpha value is -5.47. The van der Waals surface area contributed by atoms with Gasteiger partial charge in [-0.2, -0.15) is 0 Å². The third-order valence-corrected chi connectivity index (χ3v) is 9.89. The molecule has 0 radical (unpaired) electrons. The van der Waals surface area contributed by atoms with Gasteiger partial charge in [-0.15, -0.1) is 0 Å². The number of para-hydroxylation sites is 3. The summed E-state index contributed by atoms with van der Waals surface area (Å²) in [5.74, 6) is -0.150. The van der Waals surface area contributed by atoms with Gasteiger partial charge >= 0.3 is 0 Å². The molecule has 220 valence electrons. The smallest absolute Gasteiger partial charge is 0.114 e. The summed E-state index contributed by atoms with van der Waals surface area (Å²) >= 11 is 0. The van der Waals surface area contributed by atoms with Crippen LogP contribution in [-0.4, -0.2) is 9.55 Å². The van der Waals surface area contributed by atoms with Crippen LogP contribution >= 0.6 is 0 Å². The van der Waals surface area contributed by atoms with Crippen molar-refractivity contribution in [3.05, 3.63) is 156 Å². The second kappa shape index (κ2) is 10.0. The minimum atomic E-state index is -2.94. The highest BCUT2D eigenvalue weighted by molar-refractivity contribution is 6.22. The Labute approximate surface area is 276 Å². The van der Waals surface area contributed by atoms with Crippen molar-refractivity contribution in [3.8, 4) is 39.1 Å². The predicted octanol–water partition coefficient (Wildman–Crippen LogP) is 11.5. The van der Waals surface area contributed by atoms with E-state index < -0.39 is 13.2 Å². The quantitative estimate of drug-likeness (QED) is 0.185. The minimum Gasteiger partial charge on any atom is -0.296 e. The maximum atomic E-state index is 8.85. The molecule has 46 heavy (non-hydrogen) atoms. The summed E-state index contributed by atoms with van der Waals surface area (Å²) in [5, 5.41) is 4.30. The van der Waals surface area contributed by atoms with E-state index in [-0.39, 0.29) is 11.2 Å². The third kappa shape index (κ3) is 3.74. The molecule has 0 saturated carbocycles. The fourth-order valence-electron chi connectivity index (χ4n) is 7.82. The highest BCUT2D eigenvalue weighted by atomic mass is 15.1. The van der Waals surface area contributed by atoms with Crippen molar-refractivity contribution in [2.75, 3.05) is 0 Å². The Morgan fingerprint density at radius 2 is 1.20 bits per heavy atom. The fourth-order valence-corrected chi connectivity index (χ4v) is 7.82. The number of aromatic nitrogens is 2. The van der Waals surface area contributed by atoms with E-state index in [0.717, 1.165) is 43.8 Å². The van der Waals surface area contributed by atoms with Crippen molar-refractivity contribution in [2.24, 2.45) is 0 Å². The van der Waals surface area contributed by atoms with Gasteiger partial charge in [-0.1, -0.05) is 136 Å². The fraction of sp³-hybridized carbons (Fsp3) is 0.114. The Balaban J connectivity index is 1.35. The van der Waals surface area contributed by atoms with E-state index in [0.29, 0.717) is 16.7 Å². The molecule has 0 atom stereocenters. The van der Waals surface area contributed by atoms with Gasteiger partial charge < -0.3 is 0 Å². The molecular formula is C44H34N2. The van der Waals surface area contributed by atoms with Gasteiger partial charge in [-0.05, 0) is 84.8 Å². The molecule has 2 nitrogen and oxygen atoms in total. The van der Waals surface area contributed by atoms with Gasteiger partial charge in [0.1, 0.15) is 5.82 Å². The molecule has 2 heteroatoms. The number of fused-ring (bicyclic) bond motifs is 6. The summed E-state index contributed by atoms with van der Waals surface area (Å²) in [6, 6.07) is 47.8. The number of hydrogen-bond acceptors (Lipinski definition) is 1. The topological polar surface area (TPSA) is 17.8 Å². The van der Waals surface area contributed by atoms with Crippen LogP contribution in [0.4, 0.5) is 0 Å². The largest absolute Gasteiger partial charge is 0.296 e. The van der Waals surface area contributed by atoms with Gasteiger partial charge in [-0.25, -0.2) is 4.98 Å². The van der Waals surface area contributed by atoms with Crippen LogP contribution in [0.2, 0.25) is 0 Å². The molecule has 0 N–H and O–H groups in total. The number of imidazole rings is 1. The van der Waals surface area contributed by atoms with Gasteiger partial charge in [0, 0.05) is 24.2 Å². The van der Waals surface area contributed by atoms with E-state index in [1.54, 1.807) is 10.6 Å². The zero-order chi connectivity index (χ0) is 35.3. The van der Waals surface area contributed by atoms with Crippen molar-refractivity contribution in [2.45, 2.75) is 32.5 Å². The van der Waals surface area contributed by atoms with Crippen LogP contribution in [-0.2, 0) is 11.8 Å². The molecular weight excluding hydrogens is 556 g/mol. The number of benzene rings is 7. The Morgan fingerprint density at radius 3 is 1.93 bits per heavy atom. The molecule has 0 fully saturated rings. The van der Waals surface area contributed by atoms with E-state index in [4.69, 9.17) is 6.85 Å². The lowest BCUT2D eigenvalue weighted by atomic mass is 9.80. The standard InChI is InChI=1S/C44H34N2/c1-4-41-45-38-22-12-14-24-40(38)46(41)39-23-13-10-20-35(39)43-33-18-7-5-16-31(33)42(32-17-6-8-19-34(32)43)28-25-26-30-29-15-9-11-21-36(29)44(2,3)37(30)27-28/h5-27H,4H2,1-3H3/i1D3,4D2. The first-order valence-electron chi connectivity index (χ1n) is 18.2. The Kier molecular flexibility index (Phi) is 4.81. The molecule has 8 aromatic rings. The van der Waals surface area contributed by atoms with Crippen molar-refractivity contribution in [3.63, 3.8) is 0 Å². The van der Waals surface area contributed by atoms with Crippen LogP contribution in [0.5, 0.6) is 0 Å². The van der Waals surface area contributed by atoms with Crippen LogP contribution in [0, 0.1) is 0 Å². The maximum Gasteiger partial charge on any atom is 0.114 e. The van der Waals surface area contributed by atoms with Gasteiger partial charge in [0.25, 0.3) is 0 Å². The summed E-state index contributed by atoms with van der Waals surface area (Å²) < 4.78 is 43.9. The lowest BCUT2D eigenvalue weighted by Gasteiger charge is -2.23. The first kappa shape index (κ1) is 22.1. The predicted molar refractivity (Wildman–Crippen MR) is 194 cm³/mol. The zero-order valence-corrected chi connectivity index (χ0v) is 25.7. The van der Waals surface area contributed by atoms with Crippen molar-refractivity contribution in [1.29, 1.82) is 0 Å². The lowest BCUT2D eigenvalue weighted by molar-refractivity contribution is 0.660. The number of rotatable bonds is 4. The molecule has 0 bridgehead atoms. The van der Waals surface area contributed by atoms with Crippen LogP contribution in [0.25, 0.3) is 71.6 Å². The Bertz CT molecular complexity index is 2640. The van der Waals surface area contributed by atoms with Crippen LogP contribution in [0.1, 0.15) is 44.5 Å². The molecule has 0 saturated heterocycles. The summed E-state index contributed by atoms with van der Waals surface area (Å²) in [6.07, 6.45) is -2.71. The van der Waals surface area contributed by atoms with Crippen molar-refractivity contribution in [1.82, 2.24) is 9.55 Å². The highest BCUT2D eigenvalue weighted by Crippen LogP contribution is 2.51. The molecule has 0 spiro atoms. The van der Waals surface area contributed by atoms with Crippen molar-refractivity contribution < 1.29 is 6.85 Å². The molecule has 1 aromatic heterocycles. The first-order chi connectivity index (χ1) is 24.5. The minimum absolute atomic E-state index is 0.142. The molecule has 1 aliphatic rings. The van der Waals surface area contributed by atoms with E-state index in [9.17, 15) is 0 Å². The lowest BCUT2D eigenvalue weighted by Crippen LogP contribution is -2.14. The van der Waals surface area contributed by atoms with E-state index >= 15 is 0 Å². The van der Waals surface area contributed by atoms with E-state index in [2.05, 4.69) is 110 Å². The number of nitrogens with zero attached hydrogens (tertiary/aromatic N) is 2. The average molecular weight is 596 g/mol. The van der Waals surface area contributed by atoms with Gasteiger partial charge in [0.05, 0.1) is 16.7 Å². The van der Waals surface area contributed by atoms with Crippen molar-refractivity contribution >= 4 is 32.6 Å². The second-order valence-corrected chi connectivity index (χ2v) is 12.7. The van der Waals surface area contributed by atoms with E-state index in [1.807, 2.05) is 42.5 Å². The maximum absolute atomic E-state index is 8.85. The SMILES string of the molecule is [2H]C([2H])([2H])C([2H])([2H])c1nc2ccccc2n1-c1ccccc1-c1c2ccccc2c(-c2ccc3c(c2)C(C)(C)c2ccccc2-3)c2ccccc12. The first-order valence-corrected chi connectivity index (χ1v) is 15.7.